The van der Waals surface area contributed by atoms with Crippen molar-refractivity contribution in [2.45, 2.75) is 32.4 Å². The van der Waals surface area contributed by atoms with Gasteiger partial charge in [-0.1, -0.05) is 0 Å². The molecule has 1 saturated heterocycles. The van der Waals surface area contributed by atoms with Crippen LogP contribution < -0.4 is 5.32 Å². The Morgan fingerprint density at radius 1 is 1.47 bits per heavy atom. The Bertz CT molecular complexity index is 213. The summed E-state index contributed by atoms with van der Waals surface area (Å²) in [5, 5.41) is 3.33. The Kier molecular flexibility index (Phi) is 4.54. The van der Waals surface area contributed by atoms with E-state index in [9.17, 15) is 4.79 Å². The number of amides is 1. The molecule has 0 aromatic rings. The predicted molar refractivity (Wildman–Crippen MR) is 59.7 cm³/mol. The van der Waals surface area contributed by atoms with Gasteiger partial charge in [-0.25, -0.2) is 0 Å². The first-order valence-electron chi connectivity index (χ1n) is 5.57. The molecule has 4 heteroatoms. The minimum Gasteiger partial charge on any atom is -0.381 e. The lowest BCUT2D eigenvalue weighted by molar-refractivity contribution is -0.130. The Hall–Kier alpha value is -0.610. The topological polar surface area (TPSA) is 41.6 Å². The molecule has 1 rings (SSSR count). The molecule has 2 unspecified atom stereocenters. The van der Waals surface area contributed by atoms with Crippen LogP contribution in [-0.4, -0.2) is 50.2 Å². The van der Waals surface area contributed by atoms with Gasteiger partial charge >= 0.3 is 0 Å². The van der Waals surface area contributed by atoms with Crippen LogP contribution in [0.5, 0.6) is 0 Å². The van der Waals surface area contributed by atoms with Crippen LogP contribution >= 0.6 is 0 Å². The number of likely N-dealkylation sites (N-methyl/N-ethyl adjacent to an activating group) is 1. The van der Waals surface area contributed by atoms with Gasteiger partial charge in [0.25, 0.3) is 0 Å². The van der Waals surface area contributed by atoms with E-state index in [4.69, 9.17) is 4.74 Å². The van der Waals surface area contributed by atoms with Gasteiger partial charge in [0.1, 0.15) is 0 Å². The van der Waals surface area contributed by atoms with Crippen LogP contribution in [0.4, 0.5) is 0 Å². The molecule has 0 aromatic carbocycles. The first-order valence-corrected chi connectivity index (χ1v) is 5.57. The summed E-state index contributed by atoms with van der Waals surface area (Å²) >= 11 is 0. The van der Waals surface area contributed by atoms with Crippen molar-refractivity contribution >= 4 is 5.91 Å². The summed E-state index contributed by atoms with van der Waals surface area (Å²) in [5.74, 6) is 0.670. The standard InChI is InChI=1S/C11H22N2O2/c1-8(10-5-6-15-7-10)12-9(2)11(14)13(3)4/h8-10,12H,5-7H2,1-4H3/t8?,9-,10?/m1/s1. The van der Waals surface area contributed by atoms with E-state index in [1.54, 1.807) is 19.0 Å². The molecule has 1 N–H and O–H groups in total. The van der Waals surface area contributed by atoms with Gasteiger partial charge < -0.3 is 15.0 Å². The van der Waals surface area contributed by atoms with Crippen molar-refractivity contribution in [1.82, 2.24) is 10.2 Å². The third kappa shape index (κ3) is 3.47. The van der Waals surface area contributed by atoms with Crippen LogP contribution in [0.15, 0.2) is 0 Å². The van der Waals surface area contributed by atoms with Crippen LogP contribution in [0.25, 0.3) is 0 Å². The Morgan fingerprint density at radius 3 is 2.60 bits per heavy atom. The molecule has 3 atom stereocenters. The third-order valence-corrected chi connectivity index (χ3v) is 3.00. The predicted octanol–water partition coefficient (Wildman–Crippen LogP) is 0.478. The minimum atomic E-state index is -0.115. The van der Waals surface area contributed by atoms with Gasteiger partial charge in [0.15, 0.2) is 0 Å². The van der Waals surface area contributed by atoms with Crippen LogP contribution in [0.2, 0.25) is 0 Å². The van der Waals surface area contributed by atoms with Crippen molar-refractivity contribution in [1.29, 1.82) is 0 Å². The number of carbonyl (C=O) groups is 1. The molecule has 88 valence electrons. The van der Waals surface area contributed by atoms with Crippen LogP contribution in [0.1, 0.15) is 20.3 Å². The van der Waals surface area contributed by atoms with Crippen molar-refractivity contribution in [2.24, 2.45) is 5.92 Å². The second-order valence-corrected chi connectivity index (χ2v) is 4.53. The Morgan fingerprint density at radius 2 is 2.13 bits per heavy atom. The monoisotopic (exact) mass is 214 g/mol. The smallest absolute Gasteiger partial charge is 0.238 e. The number of hydrogen-bond acceptors (Lipinski definition) is 3. The van der Waals surface area contributed by atoms with E-state index in [1.807, 2.05) is 6.92 Å². The van der Waals surface area contributed by atoms with Crippen molar-refractivity contribution in [2.75, 3.05) is 27.3 Å². The van der Waals surface area contributed by atoms with Gasteiger partial charge in [-0.05, 0) is 26.2 Å². The highest BCUT2D eigenvalue weighted by molar-refractivity contribution is 5.80. The number of nitrogens with zero attached hydrogens (tertiary/aromatic N) is 1. The van der Waals surface area contributed by atoms with Crippen LogP contribution in [0, 0.1) is 5.92 Å². The average Bonchev–Trinajstić information content (AvgIpc) is 2.68. The summed E-state index contributed by atoms with van der Waals surface area (Å²) in [4.78, 5) is 13.2. The van der Waals surface area contributed by atoms with Crippen molar-refractivity contribution in [3.63, 3.8) is 0 Å². The first kappa shape index (κ1) is 12.5. The second kappa shape index (κ2) is 5.47. The maximum atomic E-state index is 11.6. The molecule has 1 aliphatic rings. The molecule has 0 saturated carbocycles. The molecule has 1 fully saturated rings. The molecule has 4 nitrogen and oxygen atoms in total. The van der Waals surface area contributed by atoms with E-state index in [0.29, 0.717) is 12.0 Å². The number of nitrogens with one attached hydrogen (secondary N) is 1. The summed E-state index contributed by atoms with van der Waals surface area (Å²) in [7, 11) is 3.56. The maximum absolute atomic E-state index is 11.6. The lowest BCUT2D eigenvalue weighted by Gasteiger charge is -2.25. The zero-order valence-electron chi connectivity index (χ0n) is 10.1. The van der Waals surface area contributed by atoms with Crippen LogP contribution in [0.3, 0.4) is 0 Å². The fourth-order valence-electron chi connectivity index (χ4n) is 1.94. The van der Waals surface area contributed by atoms with E-state index in [1.165, 1.54) is 0 Å². The van der Waals surface area contributed by atoms with Crippen molar-refractivity contribution in [3.05, 3.63) is 0 Å². The number of rotatable bonds is 4. The molecule has 0 radical (unpaired) electrons. The molecular weight excluding hydrogens is 192 g/mol. The summed E-state index contributed by atoms with van der Waals surface area (Å²) in [5.41, 5.74) is 0. The van der Waals surface area contributed by atoms with E-state index >= 15 is 0 Å². The quantitative estimate of drug-likeness (QED) is 0.740. The van der Waals surface area contributed by atoms with Crippen LogP contribution in [-0.2, 0) is 9.53 Å². The third-order valence-electron chi connectivity index (χ3n) is 3.00. The molecule has 1 heterocycles. The molecule has 1 aliphatic heterocycles. The summed E-state index contributed by atoms with van der Waals surface area (Å²) in [6.07, 6.45) is 1.09. The molecule has 0 aromatic heterocycles. The fourth-order valence-corrected chi connectivity index (χ4v) is 1.94. The molecular formula is C11H22N2O2. The summed E-state index contributed by atoms with van der Waals surface area (Å²) in [6, 6.07) is 0.224. The van der Waals surface area contributed by atoms with Gasteiger partial charge in [0.05, 0.1) is 12.6 Å². The highest BCUT2D eigenvalue weighted by Crippen LogP contribution is 2.16. The molecule has 0 aliphatic carbocycles. The number of carbonyl (C=O) groups excluding carboxylic acids is 1. The normalized spacial score (nSPS) is 24.9. The second-order valence-electron chi connectivity index (χ2n) is 4.53. The molecule has 0 spiro atoms. The van der Waals surface area contributed by atoms with E-state index in [0.717, 1.165) is 19.6 Å². The van der Waals surface area contributed by atoms with E-state index < -0.39 is 0 Å². The highest BCUT2D eigenvalue weighted by Gasteiger charge is 2.25. The highest BCUT2D eigenvalue weighted by atomic mass is 16.5. The first-order chi connectivity index (χ1) is 7.02. The van der Waals surface area contributed by atoms with Gasteiger partial charge in [-0.3, -0.25) is 4.79 Å². The molecule has 15 heavy (non-hydrogen) atoms. The molecule has 0 bridgehead atoms. The van der Waals surface area contributed by atoms with E-state index in [2.05, 4.69) is 12.2 Å². The maximum Gasteiger partial charge on any atom is 0.238 e. The minimum absolute atomic E-state index is 0.115. The average molecular weight is 214 g/mol. The van der Waals surface area contributed by atoms with E-state index in [-0.39, 0.29) is 11.9 Å². The van der Waals surface area contributed by atoms with Gasteiger partial charge in [-0.15, -0.1) is 0 Å². The zero-order chi connectivity index (χ0) is 11.4. The number of ether oxygens (including phenoxy) is 1. The van der Waals surface area contributed by atoms with Crippen molar-refractivity contribution < 1.29 is 9.53 Å². The Balaban J connectivity index is 2.36. The molecule has 1 amide bonds. The Labute approximate surface area is 92.0 Å². The summed E-state index contributed by atoms with van der Waals surface area (Å²) < 4.78 is 5.33. The largest absolute Gasteiger partial charge is 0.381 e. The lowest BCUT2D eigenvalue weighted by Crippen LogP contribution is -2.47. The van der Waals surface area contributed by atoms with Gasteiger partial charge in [-0.2, -0.15) is 0 Å². The zero-order valence-corrected chi connectivity index (χ0v) is 10.1. The number of hydrogen-bond donors (Lipinski definition) is 1. The lowest BCUT2D eigenvalue weighted by atomic mass is 10.00. The van der Waals surface area contributed by atoms with Gasteiger partial charge in [0, 0.05) is 26.7 Å². The van der Waals surface area contributed by atoms with Crippen molar-refractivity contribution in [3.8, 4) is 0 Å². The fraction of sp³-hybridized carbons (Fsp3) is 0.909. The SMILES string of the molecule is CC(N[C@H](C)C(=O)N(C)C)C1CCOC1. The van der Waals surface area contributed by atoms with Gasteiger partial charge in [0.2, 0.25) is 5.91 Å². The summed E-state index contributed by atoms with van der Waals surface area (Å²) in [6.45, 7) is 5.71.